The quantitative estimate of drug-likeness (QED) is 0.412. The van der Waals surface area contributed by atoms with E-state index < -0.39 is 0 Å². The summed E-state index contributed by atoms with van der Waals surface area (Å²) < 4.78 is 1.13. The topological polar surface area (TPSA) is 37.4 Å². The van der Waals surface area contributed by atoms with Crippen LogP contribution in [-0.2, 0) is 9.59 Å². The Labute approximate surface area is 63.2 Å². The lowest BCUT2D eigenvalue weighted by Crippen LogP contribution is -2.22. The van der Waals surface area contributed by atoms with Crippen molar-refractivity contribution in [3.05, 3.63) is 11.6 Å². The minimum absolute atomic E-state index is 0.197. The Morgan fingerprint density at radius 3 is 2.30 bits per heavy atom. The van der Waals surface area contributed by atoms with Gasteiger partial charge in [0.25, 0.3) is 11.8 Å². The van der Waals surface area contributed by atoms with Crippen molar-refractivity contribution in [3.8, 4) is 0 Å². The molecule has 4 heteroatoms. The molecule has 0 fully saturated rings. The number of rotatable bonds is 1. The highest BCUT2D eigenvalue weighted by Crippen LogP contribution is 2.18. The molecule has 1 heterocycles. The Kier molecular flexibility index (Phi) is 1.80. The van der Waals surface area contributed by atoms with Crippen LogP contribution in [0, 0.1) is 0 Å². The lowest BCUT2D eigenvalue weighted by molar-refractivity contribution is -0.130. The van der Waals surface area contributed by atoms with Gasteiger partial charge in [0, 0.05) is 17.9 Å². The summed E-state index contributed by atoms with van der Waals surface area (Å²) in [7, 11) is 0. The predicted octanol–water partition coefficient (Wildman–Crippen LogP) is 0.579. The van der Waals surface area contributed by atoms with Gasteiger partial charge in [-0.15, -0.1) is 0 Å². The zero-order chi connectivity index (χ0) is 7.72. The number of hydrogen-bond acceptors (Lipinski definition) is 3. The van der Waals surface area contributed by atoms with Crippen molar-refractivity contribution in [1.82, 2.24) is 4.31 Å². The molecule has 0 N–H and O–H groups in total. The zero-order valence-electron chi connectivity index (χ0n) is 5.75. The monoisotopic (exact) mass is 157 g/mol. The Morgan fingerprint density at radius 1 is 1.50 bits per heavy atom. The molecule has 0 saturated carbocycles. The van der Waals surface area contributed by atoms with Crippen molar-refractivity contribution in [2.75, 3.05) is 6.26 Å². The highest BCUT2D eigenvalue weighted by Gasteiger charge is 2.27. The molecule has 1 aliphatic rings. The van der Waals surface area contributed by atoms with E-state index in [0.717, 1.165) is 16.3 Å². The molecule has 0 saturated heterocycles. The zero-order valence-corrected chi connectivity index (χ0v) is 6.57. The summed E-state index contributed by atoms with van der Waals surface area (Å²) >= 11 is 1.13. The van der Waals surface area contributed by atoms with Crippen molar-refractivity contribution in [2.45, 2.75) is 6.92 Å². The lowest BCUT2D eigenvalue weighted by atomic mass is 10.3. The first-order valence-corrected chi connectivity index (χ1v) is 3.96. The Bertz CT molecular complexity index is 222. The van der Waals surface area contributed by atoms with Gasteiger partial charge >= 0.3 is 0 Å². The van der Waals surface area contributed by atoms with Crippen LogP contribution in [0.2, 0.25) is 0 Å². The van der Waals surface area contributed by atoms with E-state index >= 15 is 0 Å². The summed E-state index contributed by atoms with van der Waals surface area (Å²) in [5, 5.41) is 0. The standard InChI is InChI=1S/C6H7NO2S/c1-4-3-5(8)7(10-2)6(4)9/h3H,1-2H3. The number of hydrogen-bond donors (Lipinski definition) is 0. The molecule has 1 aliphatic heterocycles. The lowest BCUT2D eigenvalue weighted by Gasteiger charge is -2.07. The van der Waals surface area contributed by atoms with E-state index in [-0.39, 0.29) is 11.8 Å². The van der Waals surface area contributed by atoms with Gasteiger partial charge in [0.15, 0.2) is 0 Å². The normalized spacial score (nSPS) is 18.2. The maximum absolute atomic E-state index is 11.0. The second-order valence-electron chi connectivity index (χ2n) is 1.95. The van der Waals surface area contributed by atoms with Crippen molar-refractivity contribution in [1.29, 1.82) is 0 Å². The first-order chi connectivity index (χ1) is 4.66. The van der Waals surface area contributed by atoms with E-state index in [4.69, 9.17) is 0 Å². The SMILES string of the molecule is CSN1C(=O)C=C(C)C1=O. The third kappa shape index (κ3) is 0.945. The van der Waals surface area contributed by atoms with Crippen LogP contribution >= 0.6 is 11.9 Å². The smallest absolute Gasteiger partial charge is 0.266 e. The molecular weight excluding hydrogens is 150 g/mol. The van der Waals surface area contributed by atoms with Crippen LogP contribution in [0.3, 0.4) is 0 Å². The second kappa shape index (κ2) is 2.46. The van der Waals surface area contributed by atoms with Crippen LogP contribution in [-0.4, -0.2) is 22.4 Å². The minimum atomic E-state index is -0.227. The average Bonchev–Trinajstić information content (AvgIpc) is 2.09. The molecule has 1 rings (SSSR count). The van der Waals surface area contributed by atoms with Gasteiger partial charge in [0.05, 0.1) is 0 Å². The van der Waals surface area contributed by atoms with Gasteiger partial charge in [-0.25, -0.2) is 4.31 Å². The van der Waals surface area contributed by atoms with E-state index in [2.05, 4.69) is 0 Å². The molecule has 0 atom stereocenters. The van der Waals surface area contributed by atoms with Gasteiger partial charge < -0.3 is 0 Å². The summed E-state index contributed by atoms with van der Waals surface area (Å²) in [6.07, 6.45) is 3.04. The van der Waals surface area contributed by atoms with Crippen LogP contribution in [0.25, 0.3) is 0 Å². The van der Waals surface area contributed by atoms with Gasteiger partial charge in [-0.3, -0.25) is 9.59 Å². The number of amides is 2. The summed E-state index contributed by atoms with van der Waals surface area (Å²) in [4.78, 5) is 21.8. The van der Waals surface area contributed by atoms with E-state index in [0.29, 0.717) is 5.57 Å². The molecule has 0 radical (unpaired) electrons. The molecule has 0 aromatic carbocycles. The molecule has 0 aliphatic carbocycles. The molecule has 0 aromatic heterocycles. The predicted molar refractivity (Wildman–Crippen MR) is 39.1 cm³/mol. The maximum atomic E-state index is 11.0. The van der Waals surface area contributed by atoms with Crippen molar-refractivity contribution >= 4 is 23.8 Å². The first kappa shape index (κ1) is 7.34. The molecule has 2 amide bonds. The largest absolute Gasteiger partial charge is 0.268 e. The Balaban J connectivity index is 2.87. The maximum Gasteiger partial charge on any atom is 0.266 e. The highest BCUT2D eigenvalue weighted by molar-refractivity contribution is 7.97. The number of imide groups is 1. The fraction of sp³-hybridized carbons (Fsp3) is 0.333. The molecule has 0 unspecified atom stereocenters. The number of carbonyl (C=O) groups is 2. The number of carbonyl (C=O) groups excluding carboxylic acids is 2. The summed E-state index contributed by atoms with van der Waals surface area (Å²) in [6, 6.07) is 0. The van der Waals surface area contributed by atoms with Crippen LogP contribution in [0.1, 0.15) is 6.92 Å². The van der Waals surface area contributed by atoms with Crippen LogP contribution in [0.15, 0.2) is 11.6 Å². The van der Waals surface area contributed by atoms with Gasteiger partial charge in [-0.05, 0) is 18.9 Å². The van der Waals surface area contributed by atoms with E-state index in [1.165, 1.54) is 6.08 Å². The van der Waals surface area contributed by atoms with Crippen molar-refractivity contribution in [2.24, 2.45) is 0 Å². The molecule has 10 heavy (non-hydrogen) atoms. The summed E-state index contributed by atoms with van der Waals surface area (Å²) in [5.74, 6) is -0.424. The highest BCUT2D eigenvalue weighted by atomic mass is 32.2. The first-order valence-electron chi connectivity index (χ1n) is 2.77. The molecular formula is C6H7NO2S. The molecule has 0 spiro atoms. The van der Waals surface area contributed by atoms with Crippen LogP contribution in [0.4, 0.5) is 0 Å². The fourth-order valence-electron chi connectivity index (χ4n) is 0.739. The minimum Gasteiger partial charge on any atom is -0.268 e. The number of nitrogens with zero attached hydrogens (tertiary/aromatic N) is 1. The molecule has 0 aromatic rings. The fourth-order valence-corrected chi connectivity index (χ4v) is 1.28. The van der Waals surface area contributed by atoms with Crippen LogP contribution in [0.5, 0.6) is 0 Å². The van der Waals surface area contributed by atoms with E-state index in [1.807, 2.05) is 0 Å². The van der Waals surface area contributed by atoms with E-state index in [1.54, 1.807) is 13.2 Å². The third-order valence-corrected chi connectivity index (χ3v) is 1.96. The van der Waals surface area contributed by atoms with Gasteiger partial charge in [0.1, 0.15) is 0 Å². The van der Waals surface area contributed by atoms with Crippen molar-refractivity contribution in [3.63, 3.8) is 0 Å². The third-order valence-electron chi connectivity index (χ3n) is 1.24. The second-order valence-corrected chi connectivity index (χ2v) is 2.68. The summed E-state index contributed by atoms with van der Waals surface area (Å²) in [6.45, 7) is 1.64. The molecule has 3 nitrogen and oxygen atoms in total. The van der Waals surface area contributed by atoms with Crippen LogP contribution < -0.4 is 0 Å². The van der Waals surface area contributed by atoms with Gasteiger partial charge in [-0.2, -0.15) is 0 Å². The average molecular weight is 157 g/mol. The van der Waals surface area contributed by atoms with E-state index in [9.17, 15) is 9.59 Å². The molecule has 54 valence electrons. The summed E-state index contributed by atoms with van der Waals surface area (Å²) in [5.41, 5.74) is 0.513. The van der Waals surface area contributed by atoms with Gasteiger partial charge in [-0.1, -0.05) is 0 Å². The molecule has 0 bridgehead atoms. The van der Waals surface area contributed by atoms with Gasteiger partial charge in [0.2, 0.25) is 0 Å². The Hall–Kier alpha value is -0.770. The Morgan fingerprint density at radius 2 is 2.10 bits per heavy atom. The van der Waals surface area contributed by atoms with Crippen molar-refractivity contribution < 1.29 is 9.59 Å².